The summed E-state index contributed by atoms with van der Waals surface area (Å²) < 4.78 is 5.09. The van der Waals surface area contributed by atoms with Crippen LogP contribution in [0.2, 0.25) is 0 Å². The zero-order valence-corrected chi connectivity index (χ0v) is 18.5. The minimum Gasteiger partial charge on any atom is -0.462 e. The number of aromatic nitrogens is 2. The van der Waals surface area contributed by atoms with Crippen molar-refractivity contribution >= 4 is 34.5 Å². The molecule has 0 saturated carbocycles. The van der Waals surface area contributed by atoms with Gasteiger partial charge >= 0.3 is 5.97 Å². The molecule has 0 radical (unpaired) electrons. The van der Waals surface area contributed by atoms with Crippen molar-refractivity contribution in [3.05, 3.63) is 102 Å². The molecule has 0 spiro atoms. The summed E-state index contributed by atoms with van der Waals surface area (Å²) in [7, 11) is 0. The maximum absolute atomic E-state index is 13.1. The number of benzene rings is 3. The average Bonchev–Trinajstić information content (AvgIpc) is 3.51. The highest BCUT2D eigenvalue weighted by molar-refractivity contribution is 6.37. The van der Waals surface area contributed by atoms with Crippen LogP contribution in [0.3, 0.4) is 0 Å². The number of fused-ring (bicyclic) bond motifs is 1. The number of amides is 1. The fraction of sp³-hybridized carbons (Fsp3) is 0.0741. The van der Waals surface area contributed by atoms with Gasteiger partial charge in [-0.15, -0.1) is 0 Å². The van der Waals surface area contributed by atoms with Gasteiger partial charge in [0.05, 0.1) is 29.1 Å². The van der Waals surface area contributed by atoms with Crippen LogP contribution in [0.5, 0.6) is 0 Å². The number of hydrogen-bond donors (Lipinski definition) is 3. The quantitative estimate of drug-likeness (QED) is 0.278. The van der Waals surface area contributed by atoms with Crippen molar-refractivity contribution in [3.8, 4) is 11.4 Å². The first kappa shape index (κ1) is 21.2. The molecule has 1 amide bonds. The largest absolute Gasteiger partial charge is 0.462 e. The van der Waals surface area contributed by atoms with Crippen LogP contribution >= 0.6 is 0 Å². The number of carbonyl (C=O) groups is 2. The van der Waals surface area contributed by atoms with Gasteiger partial charge in [-0.05, 0) is 48.9 Å². The number of nitrogens with zero attached hydrogens (tertiary/aromatic N) is 1. The van der Waals surface area contributed by atoms with Crippen molar-refractivity contribution in [2.24, 2.45) is 0 Å². The predicted molar refractivity (Wildman–Crippen MR) is 132 cm³/mol. The summed E-state index contributed by atoms with van der Waals surface area (Å²) in [4.78, 5) is 32.6. The summed E-state index contributed by atoms with van der Waals surface area (Å²) in [5, 5.41) is 6.33. The molecular weight excluding hydrogens is 428 g/mol. The lowest BCUT2D eigenvalue weighted by molar-refractivity contribution is -0.110. The molecule has 2 heterocycles. The summed E-state index contributed by atoms with van der Waals surface area (Å²) in [6, 6.07) is 22.6. The molecular formula is C27H22N4O3. The Morgan fingerprint density at radius 2 is 1.79 bits per heavy atom. The number of anilines is 2. The van der Waals surface area contributed by atoms with E-state index in [-0.39, 0.29) is 12.5 Å². The van der Waals surface area contributed by atoms with Crippen LogP contribution in [0, 0.1) is 0 Å². The highest BCUT2D eigenvalue weighted by atomic mass is 16.5. The number of aromatic amines is 1. The first-order valence-electron chi connectivity index (χ1n) is 10.9. The molecule has 7 heteroatoms. The number of carbonyl (C=O) groups excluding carboxylic acids is 2. The lowest BCUT2D eigenvalue weighted by Gasteiger charge is -2.15. The van der Waals surface area contributed by atoms with Crippen molar-refractivity contribution in [2.45, 2.75) is 6.92 Å². The lowest BCUT2D eigenvalue weighted by Crippen LogP contribution is -2.10. The van der Waals surface area contributed by atoms with Gasteiger partial charge in [0.25, 0.3) is 5.91 Å². The fourth-order valence-electron chi connectivity index (χ4n) is 3.93. The molecule has 7 nitrogen and oxygen atoms in total. The molecule has 168 valence electrons. The van der Waals surface area contributed by atoms with Crippen LogP contribution in [-0.2, 0) is 9.53 Å². The van der Waals surface area contributed by atoms with E-state index in [1.54, 1.807) is 37.5 Å². The summed E-state index contributed by atoms with van der Waals surface area (Å²) in [6.45, 7) is 2.04. The number of hydrogen-bond acceptors (Lipinski definition) is 5. The first-order chi connectivity index (χ1) is 16.6. The van der Waals surface area contributed by atoms with E-state index in [0.717, 1.165) is 28.2 Å². The topological polar surface area (TPSA) is 96.1 Å². The van der Waals surface area contributed by atoms with Gasteiger partial charge in [-0.25, -0.2) is 9.78 Å². The van der Waals surface area contributed by atoms with E-state index in [1.807, 2.05) is 54.6 Å². The van der Waals surface area contributed by atoms with E-state index in [9.17, 15) is 9.59 Å². The van der Waals surface area contributed by atoms with Crippen molar-refractivity contribution in [1.29, 1.82) is 0 Å². The second-order valence-corrected chi connectivity index (χ2v) is 7.69. The number of nitrogens with one attached hydrogen (secondary N) is 3. The van der Waals surface area contributed by atoms with Crippen molar-refractivity contribution in [3.63, 3.8) is 0 Å². The monoisotopic (exact) mass is 450 g/mol. The van der Waals surface area contributed by atoms with Crippen molar-refractivity contribution < 1.29 is 14.3 Å². The summed E-state index contributed by atoms with van der Waals surface area (Å²) in [6.07, 6.45) is 3.49. The molecule has 0 unspecified atom stereocenters. The molecule has 1 aliphatic rings. The molecule has 0 atom stereocenters. The summed E-state index contributed by atoms with van der Waals surface area (Å²) in [5.74, 6) is 0.124. The Hall–Kier alpha value is -4.65. The second kappa shape index (κ2) is 9.07. The third kappa shape index (κ3) is 4.06. The van der Waals surface area contributed by atoms with E-state index in [1.165, 1.54) is 0 Å². The molecule has 1 aliphatic heterocycles. The van der Waals surface area contributed by atoms with Crippen LogP contribution in [0.25, 0.3) is 22.7 Å². The van der Waals surface area contributed by atoms with Gasteiger partial charge in [-0.3, -0.25) is 4.79 Å². The Balaban J connectivity index is 1.56. The maximum atomic E-state index is 13.1. The third-order valence-corrected chi connectivity index (χ3v) is 5.51. The Kier molecular flexibility index (Phi) is 5.66. The van der Waals surface area contributed by atoms with E-state index in [0.29, 0.717) is 22.5 Å². The van der Waals surface area contributed by atoms with Crippen LogP contribution < -0.4 is 10.6 Å². The van der Waals surface area contributed by atoms with Gasteiger partial charge in [0.1, 0.15) is 5.82 Å². The standard InChI is InChI=1S/C27H22N4O3/c1-2-34-27(33)19-10-13-21-22(16-19)31-26(32)23(21)24(17-6-4-3-5-7-17)30-20-11-8-18(9-12-20)25-28-14-15-29-25/h3-16,30H,2H2,1H3,(H,28,29)(H,31,32)/b24-23-. The fourth-order valence-corrected chi connectivity index (χ4v) is 3.93. The molecule has 34 heavy (non-hydrogen) atoms. The molecule has 3 N–H and O–H groups in total. The molecule has 0 bridgehead atoms. The number of rotatable bonds is 6. The predicted octanol–water partition coefficient (Wildman–Crippen LogP) is 5.19. The molecule has 0 saturated heterocycles. The van der Waals surface area contributed by atoms with Crippen molar-refractivity contribution in [2.75, 3.05) is 17.2 Å². The van der Waals surface area contributed by atoms with Crippen molar-refractivity contribution in [1.82, 2.24) is 9.97 Å². The summed E-state index contributed by atoms with van der Waals surface area (Å²) >= 11 is 0. The Bertz CT molecular complexity index is 1380. The van der Waals surface area contributed by atoms with Gasteiger partial charge in [-0.1, -0.05) is 36.4 Å². The molecule has 5 rings (SSSR count). The van der Waals surface area contributed by atoms with Gasteiger partial charge in [0.15, 0.2) is 0 Å². The van der Waals surface area contributed by atoms with E-state index < -0.39 is 5.97 Å². The third-order valence-electron chi connectivity index (χ3n) is 5.51. The van der Waals surface area contributed by atoms with Gasteiger partial charge in [0, 0.05) is 29.2 Å². The minimum absolute atomic E-state index is 0.241. The second-order valence-electron chi connectivity index (χ2n) is 7.69. The smallest absolute Gasteiger partial charge is 0.338 e. The SMILES string of the molecule is CCOC(=O)c1ccc2c(c1)NC(=O)/C2=C(\Nc1ccc(-c2ncc[nH]2)cc1)c1ccccc1. The lowest BCUT2D eigenvalue weighted by atomic mass is 9.99. The molecule has 3 aromatic carbocycles. The van der Waals surface area contributed by atoms with E-state index >= 15 is 0 Å². The molecule has 0 fully saturated rings. The molecule has 4 aromatic rings. The van der Waals surface area contributed by atoms with Gasteiger partial charge < -0.3 is 20.4 Å². The zero-order chi connectivity index (χ0) is 23.5. The normalized spacial score (nSPS) is 13.7. The number of imidazole rings is 1. The van der Waals surface area contributed by atoms with Crippen LogP contribution in [-0.4, -0.2) is 28.5 Å². The number of H-pyrrole nitrogens is 1. The minimum atomic E-state index is -0.421. The van der Waals surface area contributed by atoms with Crippen LogP contribution in [0.1, 0.15) is 28.4 Å². The zero-order valence-electron chi connectivity index (χ0n) is 18.5. The van der Waals surface area contributed by atoms with Crippen LogP contribution in [0.4, 0.5) is 11.4 Å². The maximum Gasteiger partial charge on any atom is 0.338 e. The highest BCUT2D eigenvalue weighted by Crippen LogP contribution is 2.38. The molecule has 1 aromatic heterocycles. The van der Waals surface area contributed by atoms with E-state index in [4.69, 9.17) is 4.74 Å². The van der Waals surface area contributed by atoms with Gasteiger partial charge in [-0.2, -0.15) is 0 Å². The molecule has 0 aliphatic carbocycles. The summed E-state index contributed by atoms with van der Waals surface area (Å²) in [5.41, 5.74) is 5.52. The van der Waals surface area contributed by atoms with E-state index in [2.05, 4.69) is 20.6 Å². The average molecular weight is 450 g/mol. The Morgan fingerprint density at radius 1 is 1.00 bits per heavy atom. The number of ether oxygens (including phenoxy) is 1. The first-order valence-corrected chi connectivity index (χ1v) is 10.9. The van der Waals surface area contributed by atoms with Crippen LogP contribution in [0.15, 0.2) is 85.2 Å². The Labute approximate surface area is 196 Å². The number of esters is 1. The Morgan fingerprint density at radius 3 is 2.50 bits per heavy atom. The highest BCUT2D eigenvalue weighted by Gasteiger charge is 2.29. The van der Waals surface area contributed by atoms with Gasteiger partial charge in [0.2, 0.25) is 0 Å².